The number of carbonyl (C=O) groups is 2. The minimum atomic E-state index is -0.307. The molecule has 1 N–H and O–H groups in total. The fourth-order valence-corrected chi connectivity index (χ4v) is 1.99. The maximum absolute atomic E-state index is 12.3. The zero-order valence-corrected chi connectivity index (χ0v) is 14.8. The Morgan fingerprint density at radius 3 is 2.30 bits per heavy atom. The van der Waals surface area contributed by atoms with Gasteiger partial charge in [-0.1, -0.05) is 13.3 Å². The Bertz CT molecular complexity index is 518. The van der Waals surface area contributed by atoms with Crippen molar-refractivity contribution < 1.29 is 14.3 Å². The third kappa shape index (κ3) is 7.17. The molecule has 0 aliphatic carbocycles. The summed E-state index contributed by atoms with van der Waals surface area (Å²) in [5, 5.41) is 2.84. The first-order valence-corrected chi connectivity index (χ1v) is 8.02. The Morgan fingerprint density at radius 1 is 1.17 bits per heavy atom. The molecule has 5 nitrogen and oxygen atoms in total. The van der Waals surface area contributed by atoms with E-state index in [1.54, 1.807) is 31.3 Å². The highest BCUT2D eigenvalue weighted by Gasteiger charge is 2.18. The molecule has 2 amide bonds. The van der Waals surface area contributed by atoms with Gasteiger partial charge in [-0.15, -0.1) is 0 Å². The lowest BCUT2D eigenvalue weighted by Gasteiger charge is -2.23. The summed E-state index contributed by atoms with van der Waals surface area (Å²) >= 11 is 0. The van der Waals surface area contributed by atoms with E-state index < -0.39 is 0 Å². The Hall–Kier alpha value is -2.04. The number of nitrogens with zero attached hydrogens (tertiary/aromatic N) is 1. The normalized spacial score (nSPS) is 11.0. The van der Waals surface area contributed by atoms with Gasteiger partial charge in [0.05, 0.1) is 13.2 Å². The lowest BCUT2D eigenvalue weighted by molar-refractivity contribution is -0.122. The van der Waals surface area contributed by atoms with Crippen molar-refractivity contribution in [2.45, 2.75) is 46.1 Å². The molecule has 1 aromatic carbocycles. The van der Waals surface area contributed by atoms with E-state index in [2.05, 4.69) is 12.2 Å². The van der Waals surface area contributed by atoms with Gasteiger partial charge in [-0.3, -0.25) is 9.59 Å². The van der Waals surface area contributed by atoms with E-state index in [4.69, 9.17) is 4.74 Å². The maximum atomic E-state index is 12.3. The summed E-state index contributed by atoms with van der Waals surface area (Å²) in [6.07, 6.45) is 2.09. The van der Waals surface area contributed by atoms with Gasteiger partial charge in [0.1, 0.15) is 5.75 Å². The summed E-state index contributed by atoms with van der Waals surface area (Å²) < 4.78 is 5.57. The smallest absolute Gasteiger partial charge is 0.254 e. The molecule has 0 fully saturated rings. The third-order valence-corrected chi connectivity index (χ3v) is 3.11. The maximum Gasteiger partial charge on any atom is 0.254 e. The minimum absolute atomic E-state index is 0.0326. The van der Waals surface area contributed by atoms with Gasteiger partial charge in [0, 0.05) is 18.2 Å². The number of benzene rings is 1. The predicted octanol–water partition coefficient (Wildman–Crippen LogP) is 2.85. The third-order valence-electron chi connectivity index (χ3n) is 3.11. The fourth-order valence-electron chi connectivity index (χ4n) is 1.99. The molecule has 0 saturated heterocycles. The van der Waals surface area contributed by atoms with Gasteiger partial charge in [0.15, 0.2) is 0 Å². The molecular weight excluding hydrogens is 292 g/mol. The highest BCUT2D eigenvalue weighted by molar-refractivity contribution is 5.96. The molecule has 0 aliphatic heterocycles. The molecule has 0 atom stereocenters. The van der Waals surface area contributed by atoms with E-state index in [9.17, 15) is 9.59 Å². The van der Waals surface area contributed by atoms with Crippen LogP contribution in [0.1, 0.15) is 50.9 Å². The molecule has 0 aliphatic rings. The number of amides is 2. The number of nitrogens with one attached hydrogen (secondary N) is 1. The predicted molar refractivity (Wildman–Crippen MR) is 91.7 cm³/mol. The van der Waals surface area contributed by atoms with Crippen LogP contribution in [0.4, 0.5) is 0 Å². The van der Waals surface area contributed by atoms with E-state index in [0.29, 0.717) is 12.2 Å². The second-order valence-corrected chi connectivity index (χ2v) is 6.69. The van der Waals surface area contributed by atoms with Crippen molar-refractivity contribution in [2.75, 3.05) is 20.2 Å². The molecule has 1 rings (SSSR count). The zero-order valence-electron chi connectivity index (χ0n) is 14.8. The van der Waals surface area contributed by atoms with Crippen molar-refractivity contribution >= 4 is 11.8 Å². The van der Waals surface area contributed by atoms with Crippen LogP contribution in [0.3, 0.4) is 0 Å². The molecule has 0 bridgehead atoms. The van der Waals surface area contributed by atoms with Gasteiger partial charge >= 0.3 is 0 Å². The molecule has 0 unspecified atom stereocenters. The number of hydrogen-bond donors (Lipinski definition) is 1. The summed E-state index contributed by atoms with van der Waals surface area (Å²) in [7, 11) is 1.62. The number of rotatable bonds is 7. The highest BCUT2D eigenvalue weighted by Crippen LogP contribution is 2.14. The topological polar surface area (TPSA) is 58.6 Å². The standard InChI is InChI=1S/C18H28N2O3/c1-6-7-12-23-15-10-8-14(9-11-15)17(22)20(5)13-16(21)19-18(2,3)4/h8-11H,6-7,12-13H2,1-5H3,(H,19,21). The molecule has 0 aromatic heterocycles. The first-order valence-electron chi connectivity index (χ1n) is 8.02. The number of likely N-dealkylation sites (N-methyl/N-ethyl adjacent to an activating group) is 1. The first kappa shape index (κ1) is 19.0. The van der Waals surface area contributed by atoms with Gasteiger partial charge in [-0.2, -0.15) is 0 Å². The SMILES string of the molecule is CCCCOc1ccc(C(=O)N(C)CC(=O)NC(C)(C)C)cc1. The Morgan fingerprint density at radius 2 is 1.78 bits per heavy atom. The van der Waals surface area contributed by atoms with E-state index in [-0.39, 0.29) is 23.9 Å². The number of hydrogen-bond acceptors (Lipinski definition) is 3. The molecule has 0 spiro atoms. The average molecular weight is 320 g/mol. The van der Waals surface area contributed by atoms with Gasteiger partial charge in [-0.25, -0.2) is 0 Å². The van der Waals surface area contributed by atoms with Crippen molar-refractivity contribution in [1.29, 1.82) is 0 Å². The van der Waals surface area contributed by atoms with Crippen molar-refractivity contribution in [3.63, 3.8) is 0 Å². The van der Waals surface area contributed by atoms with Crippen molar-refractivity contribution in [3.05, 3.63) is 29.8 Å². The molecule has 0 radical (unpaired) electrons. The van der Waals surface area contributed by atoms with Crippen LogP contribution in [-0.4, -0.2) is 42.5 Å². The Labute approximate surface area is 139 Å². The van der Waals surface area contributed by atoms with Crippen LogP contribution in [0.5, 0.6) is 5.75 Å². The van der Waals surface area contributed by atoms with E-state index in [0.717, 1.165) is 18.6 Å². The molecule has 23 heavy (non-hydrogen) atoms. The fraction of sp³-hybridized carbons (Fsp3) is 0.556. The Kier molecular flexibility index (Phi) is 7.07. The van der Waals surface area contributed by atoms with Gasteiger partial charge < -0.3 is 15.0 Å². The van der Waals surface area contributed by atoms with Crippen LogP contribution in [0.15, 0.2) is 24.3 Å². The molecule has 128 valence electrons. The summed E-state index contributed by atoms with van der Waals surface area (Å²) in [4.78, 5) is 25.6. The minimum Gasteiger partial charge on any atom is -0.494 e. The van der Waals surface area contributed by atoms with Crippen LogP contribution in [0, 0.1) is 0 Å². The molecule has 1 aromatic rings. The number of carbonyl (C=O) groups excluding carboxylic acids is 2. The zero-order chi connectivity index (χ0) is 17.5. The van der Waals surface area contributed by atoms with E-state index >= 15 is 0 Å². The van der Waals surface area contributed by atoms with E-state index in [1.165, 1.54) is 4.90 Å². The van der Waals surface area contributed by atoms with Crippen LogP contribution in [0.2, 0.25) is 0 Å². The van der Waals surface area contributed by atoms with Gasteiger partial charge in [-0.05, 0) is 51.5 Å². The molecule has 0 saturated carbocycles. The lowest BCUT2D eigenvalue weighted by atomic mass is 10.1. The van der Waals surface area contributed by atoms with Gasteiger partial charge in [0.25, 0.3) is 5.91 Å². The highest BCUT2D eigenvalue weighted by atomic mass is 16.5. The Balaban J connectivity index is 2.57. The second kappa shape index (κ2) is 8.56. The number of unbranched alkanes of at least 4 members (excludes halogenated alkanes) is 1. The van der Waals surface area contributed by atoms with Crippen LogP contribution in [-0.2, 0) is 4.79 Å². The first-order chi connectivity index (χ1) is 10.7. The summed E-state index contributed by atoms with van der Waals surface area (Å²) in [6.45, 7) is 8.54. The van der Waals surface area contributed by atoms with Crippen LogP contribution in [0.25, 0.3) is 0 Å². The van der Waals surface area contributed by atoms with Crippen molar-refractivity contribution in [3.8, 4) is 5.75 Å². The van der Waals surface area contributed by atoms with Crippen molar-refractivity contribution in [1.82, 2.24) is 10.2 Å². The largest absolute Gasteiger partial charge is 0.494 e. The van der Waals surface area contributed by atoms with E-state index in [1.807, 2.05) is 20.8 Å². The van der Waals surface area contributed by atoms with Crippen molar-refractivity contribution in [2.24, 2.45) is 0 Å². The van der Waals surface area contributed by atoms with Crippen LogP contribution >= 0.6 is 0 Å². The number of ether oxygens (including phenoxy) is 1. The molecule has 5 heteroatoms. The summed E-state index contributed by atoms with van der Waals surface area (Å²) in [5.74, 6) is 0.394. The summed E-state index contributed by atoms with van der Waals surface area (Å²) in [5.41, 5.74) is 0.234. The van der Waals surface area contributed by atoms with Gasteiger partial charge in [0.2, 0.25) is 5.91 Å². The quantitative estimate of drug-likeness (QED) is 0.786. The lowest BCUT2D eigenvalue weighted by Crippen LogP contribution is -2.46. The van der Waals surface area contributed by atoms with Crippen LogP contribution < -0.4 is 10.1 Å². The molecule has 0 heterocycles. The monoisotopic (exact) mass is 320 g/mol. The molecular formula is C18H28N2O3. The average Bonchev–Trinajstić information content (AvgIpc) is 2.45. The second-order valence-electron chi connectivity index (χ2n) is 6.69. The summed E-state index contributed by atoms with van der Waals surface area (Å²) in [6, 6.07) is 7.02.